The van der Waals surface area contributed by atoms with Crippen LogP contribution in [0.15, 0.2) is 16.3 Å². The van der Waals surface area contributed by atoms with E-state index in [2.05, 4.69) is 0 Å². The fourth-order valence-corrected chi connectivity index (χ4v) is 5.03. The van der Waals surface area contributed by atoms with E-state index in [9.17, 15) is 13.2 Å². The second kappa shape index (κ2) is 6.21. The second-order valence-corrected chi connectivity index (χ2v) is 7.32. The number of carbonyl (C=O) groups is 1. The number of nitrogens with zero attached hydrogens (tertiary/aromatic N) is 1. The third-order valence-corrected chi connectivity index (χ3v) is 6.12. The molecule has 0 spiro atoms. The van der Waals surface area contributed by atoms with E-state index in [1.54, 1.807) is 0 Å². The van der Waals surface area contributed by atoms with Crippen molar-refractivity contribution in [3.05, 3.63) is 16.3 Å². The average molecular weight is 319 g/mol. The molecule has 2 heterocycles. The zero-order valence-corrected chi connectivity index (χ0v) is 12.7. The van der Waals surface area contributed by atoms with E-state index in [1.165, 1.54) is 15.8 Å². The lowest BCUT2D eigenvalue weighted by molar-refractivity contribution is 0.0265. The Morgan fingerprint density at radius 1 is 1.60 bits per heavy atom. The van der Waals surface area contributed by atoms with Crippen LogP contribution < -0.4 is 0 Å². The number of rotatable bonds is 5. The van der Waals surface area contributed by atoms with Crippen LogP contribution in [0, 0.1) is 0 Å². The molecule has 1 atom stereocenters. The third-order valence-electron chi connectivity index (χ3n) is 3.18. The van der Waals surface area contributed by atoms with Crippen LogP contribution in [0.4, 0.5) is 0 Å². The predicted molar refractivity (Wildman–Crippen MR) is 74.7 cm³/mol. The van der Waals surface area contributed by atoms with Gasteiger partial charge in [-0.1, -0.05) is 0 Å². The lowest BCUT2D eigenvalue weighted by Crippen LogP contribution is -2.43. The molecule has 0 aliphatic carbocycles. The van der Waals surface area contributed by atoms with E-state index in [0.717, 1.165) is 24.2 Å². The number of ether oxygens (including phenoxy) is 1. The SMILES string of the molecule is CCOC1CCCN(S(=O)(=O)c2ccsc2C(=O)O)C1. The Hall–Kier alpha value is -0.960. The van der Waals surface area contributed by atoms with Crippen molar-refractivity contribution in [1.29, 1.82) is 0 Å². The number of carboxylic acid groups (broad SMARTS) is 1. The van der Waals surface area contributed by atoms with E-state index in [4.69, 9.17) is 9.84 Å². The highest BCUT2D eigenvalue weighted by molar-refractivity contribution is 7.89. The molecule has 20 heavy (non-hydrogen) atoms. The molecule has 6 nitrogen and oxygen atoms in total. The highest BCUT2D eigenvalue weighted by Crippen LogP contribution is 2.27. The van der Waals surface area contributed by atoms with Crippen LogP contribution in [0.3, 0.4) is 0 Å². The first-order valence-electron chi connectivity index (χ1n) is 6.39. The molecule has 1 unspecified atom stereocenters. The molecule has 0 saturated carbocycles. The fraction of sp³-hybridized carbons (Fsp3) is 0.583. The van der Waals surface area contributed by atoms with Gasteiger partial charge in [-0.05, 0) is 31.2 Å². The largest absolute Gasteiger partial charge is 0.477 e. The van der Waals surface area contributed by atoms with Gasteiger partial charge in [0.1, 0.15) is 9.77 Å². The Morgan fingerprint density at radius 3 is 3.00 bits per heavy atom. The number of carboxylic acids is 1. The summed E-state index contributed by atoms with van der Waals surface area (Å²) in [5.74, 6) is -1.21. The summed E-state index contributed by atoms with van der Waals surface area (Å²) < 4.78 is 31.9. The Kier molecular flexibility index (Phi) is 4.79. The average Bonchev–Trinajstić information content (AvgIpc) is 2.89. The van der Waals surface area contributed by atoms with Crippen LogP contribution in [0.25, 0.3) is 0 Å². The zero-order chi connectivity index (χ0) is 14.8. The van der Waals surface area contributed by atoms with Gasteiger partial charge < -0.3 is 9.84 Å². The van der Waals surface area contributed by atoms with Gasteiger partial charge in [-0.2, -0.15) is 4.31 Å². The molecular formula is C12H17NO5S2. The molecule has 1 saturated heterocycles. The minimum atomic E-state index is -3.76. The number of aromatic carboxylic acids is 1. The quantitative estimate of drug-likeness (QED) is 0.892. The van der Waals surface area contributed by atoms with Gasteiger partial charge in [-0.3, -0.25) is 0 Å². The molecule has 2 rings (SSSR count). The number of sulfonamides is 1. The van der Waals surface area contributed by atoms with Crippen LogP contribution in [0.1, 0.15) is 29.4 Å². The van der Waals surface area contributed by atoms with Gasteiger partial charge >= 0.3 is 5.97 Å². The predicted octanol–water partition coefficient (Wildman–Crippen LogP) is 1.64. The third kappa shape index (κ3) is 3.03. The summed E-state index contributed by atoms with van der Waals surface area (Å²) in [4.78, 5) is 10.8. The second-order valence-electron chi connectivity index (χ2n) is 4.50. The number of hydrogen-bond donors (Lipinski definition) is 1. The van der Waals surface area contributed by atoms with Crippen molar-refractivity contribution in [3.8, 4) is 0 Å². The first-order chi connectivity index (χ1) is 9.46. The van der Waals surface area contributed by atoms with Crippen LogP contribution in [-0.2, 0) is 14.8 Å². The molecule has 1 aromatic rings. The molecule has 112 valence electrons. The standard InChI is InChI=1S/C12H17NO5S2/c1-2-18-9-4-3-6-13(8-9)20(16,17)10-5-7-19-11(10)12(14)15/h5,7,9H,2-4,6,8H2,1H3,(H,14,15). The first-order valence-corrected chi connectivity index (χ1v) is 8.71. The Labute approximate surface area is 122 Å². The van der Waals surface area contributed by atoms with Crippen molar-refractivity contribution in [3.63, 3.8) is 0 Å². The van der Waals surface area contributed by atoms with E-state index in [1.807, 2.05) is 6.92 Å². The highest BCUT2D eigenvalue weighted by Gasteiger charge is 2.33. The van der Waals surface area contributed by atoms with Gasteiger partial charge in [-0.15, -0.1) is 11.3 Å². The Morgan fingerprint density at radius 2 is 2.35 bits per heavy atom. The Bertz CT molecular complexity index is 578. The summed E-state index contributed by atoms with van der Waals surface area (Å²) in [5.41, 5.74) is 0. The van der Waals surface area contributed by atoms with Crippen LogP contribution in [-0.4, -0.2) is 49.6 Å². The number of thiophene rings is 1. The van der Waals surface area contributed by atoms with Crippen molar-refractivity contribution in [1.82, 2.24) is 4.31 Å². The first kappa shape index (κ1) is 15.4. The number of piperidine rings is 1. The molecule has 1 aliphatic heterocycles. The van der Waals surface area contributed by atoms with E-state index >= 15 is 0 Å². The van der Waals surface area contributed by atoms with Gasteiger partial charge in [0.2, 0.25) is 10.0 Å². The summed E-state index contributed by atoms with van der Waals surface area (Å²) >= 11 is 0.923. The molecule has 1 fully saturated rings. The van der Waals surface area contributed by atoms with Crippen molar-refractivity contribution in [2.75, 3.05) is 19.7 Å². The number of hydrogen-bond acceptors (Lipinski definition) is 5. The van der Waals surface area contributed by atoms with Crippen LogP contribution in [0.5, 0.6) is 0 Å². The molecule has 1 aliphatic rings. The maximum atomic E-state index is 12.5. The lowest BCUT2D eigenvalue weighted by Gasteiger charge is -2.31. The molecule has 1 aromatic heterocycles. The lowest BCUT2D eigenvalue weighted by atomic mass is 10.1. The molecule has 0 radical (unpaired) electrons. The van der Waals surface area contributed by atoms with E-state index < -0.39 is 16.0 Å². The summed E-state index contributed by atoms with van der Waals surface area (Å²) in [7, 11) is -3.76. The maximum absolute atomic E-state index is 12.5. The molecule has 1 N–H and O–H groups in total. The van der Waals surface area contributed by atoms with Crippen LogP contribution >= 0.6 is 11.3 Å². The van der Waals surface area contributed by atoms with E-state index in [-0.39, 0.29) is 22.4 Å². The molecule has 0 aromatic carbocycles. The molecule has 0 bridgehead atoms. The van der Waals surface area contributed by atoms with Crippen molar-refractivity contribution in [2.45, 2.75) is 30.8 Å². The summed E-state index contributed by atoms with van der Waals surface area (Å²) in [6.45, 7) is 3.10. The van der Waals surface area contributed by atoms with Crippen molar-refractivity contribution >= 4 is 27.3 Å². The van der Waals surface area contributed by atoms with Crippen molar-refractivity contribution in [2.24, 2.45) is 0 Å². The maximum Gasteiger partial charge on any atom is 0.347 e. The molecule has 8 heteroatoms. The van der Waals surface area contributed by atoms with Gasteiger partial charge in [0, 0.05) is 19.7 Å². The Balaban J connectivity index is 2.25. The minimum Gasteiger partial charge on any atom is -0.477 e. The fourth-order valence-electron chi connectivity index (χ4n) is 2.29. The van der Waals surface area contributed by atoms with Gasteiger partial charge in [0.25, 0.3) is 0 Å². The monoisotopic (exact) mass is 319 g/mol. The molecular weight excluding hydrogens is 302 g/mol. The zero-order valence-electron chi connectivity index (χ0n) is 11.1. The summed E-state index contributed by atoms with van der Waals surface area (Å²) in [6.07, 6.45) is 1.43. The summed E-state index contributed by atoms with van der Waals surface area (Å²) in [6, 6.07) is 1.35. The van der Waals surface area contributed by atoms with Gasteiger partial charge in [0.05, 0.1) is 6.10 Å². The topological polar surface area (TPSA) is 83.9 Å². The molecule has 0 amide bonds. The normalized spacial score (nSPS) is 20.9. The highest BCUT2D eigenvalue weighted by atomic mass is 32.2. The summed E-state index contributed by atoms with van der Waals surface area (Å²) in [5, 5.41) is 10.5. The van der Waals surface area contributed by atoms with Gasteiger partial charge in [0.15, 0.2) is 0 Å². The van der Waals surface area contributed by atoms with Crippen molar-refractivity contribution < 1.29 is 23.1 Å². The smallest absolute Gasteiger partial charge is 0.347 e. The van der Waals surface area contributed by atoms with E-state index in [0.29, 0.717) is 13.2 Å². The minimum absolute atomic E-state index is 0.115. The van der Waals surface area contributed by atoms with Crippen LogP contribution in [0.2, 0.25) is 0 Å². The van der Waals surface area contributed by atoms with Gasteiger partial charge in [-0.25, -0.2) is 13.2 Å².